The number of hydrogen-bond acceptors (Lipinski definition) is 2. The van der Waals surface area contributed by atoms with Crippen molar-refractivity contribution in [2.75, 3.05) is 20.1 Å². The average molecular weight is 318 g/mol. The summed E-state index contributed by atoms with van der Waals surface area (Å²) in [6.07, 6.45) is 1.98. The van der Waals surface area contributed by atoms with Gasteiger partial charge in [-0.25, -0.2) is 0 Å². The van der Waals surface area contributed by atoms with Gasteiger partial charge in [0.2, 0.25) is 11.8 Å². The van der Waals surface area contributed by atoms with Gasteiger partial charge in [-0.05, 0) is 32.8 Å². The first-order valence-electron chi connectivity index (χ1n) is 8.43. The van der Waals surface area contributed by atoms with Crippen LogP contribution in [0.25, 0.3) is 0 Å². The summed E-state index contributed by atoms with van der Waals surface area (Å²) < 4.78 is 0. The third-order valence-corrected chi connectivity index (χ3v) is 4.15. The zero-order chi connectivity index (χ0) is 17.5. The monoisotopic (exact) mass is 318 g/mol. The van der Waals surface area contributed by atoms with E-state index in [-0.39, 0.29) is 11.8 Å². The Balaban J connectivity index is 2.83. The van der Waals surface area contributed by atoms with E-state index in [0.717, 1.165) is 18.4 Å². The van der Waals surface area contributed by atoms with Gasteiger partial charge in [0.1, 0.15) is 5.41 Å². The van der Waals surface area contributed by atoms with E-state index < -0.39 is 5.41 Å². The van der Waals surface area contributed by atoms with E-state index in [1.807, 2.05) is 37.3 Å². The molecule has 0 unspecified atom stereocenters. The van der Waals surface area contributed by atoms with Crippen molar-refractivity contribution in [2.24, 2.45) is 5.41 Å². The molecular weight excluding hydrogens is 288 g/mol. The summed E-state index contributed by atoms with van der Waals surface area (Å²) in [6.45, 7) is 9.31. The van der Waals surface area contributed by atoms with Crippen LogP contribution >= 0.6 is 0 Å². The summed E-state index contributed by atoms with van der Waals surface area (Å²) in [5.41, 5.74) is 0.0399. The number of carbonyl (C=O) groups excluding carboxylic acids is 2. The van der Waals surface area contributed by atoms with Crippen LogP contribution in [-0.4, -0.2) is 41.8 Å². The Bertz CT molecular complexity index is 511. The maximum Gasteiger partial charge on any atom is 0.237 e. The molecule has 128 valence electrons. The number of unbranched alkanes of at least 4 members (excludes halogenated alkanes) is 1. The standard InChI is InChI=1S/C19H30N2O2/c1-6-8-14-20(5)17(22)19(3,4)18(23)21(7-2)15-16-12-10-9-11-13-16/h9-13H,6-8,14-15H2,1-5H3. The van der Waals surface area contributed by atoms with E-state index in [4.69, 9.17) is 0 Å². The van der Waals surface area contributed by atoms with Crippen molar-refractivity contribution in [1.29, 1.82) is 0 Å². The Morgan fingerprint density at radius 3 is 2.17 bits per heavy atom. The second-order valence-electron chi connectivity index (χ2n) is 6.51. The molecule has 1 aromatic carbocycles. The van der Waals surface area contributed by atoms with Crippen molar-refractivity contribution in [3.8, 4) is 0 Å². The summed E-state index contributed by atoms with van der Waals surface area (Å²) in [5.74, 6) is -0.223. The maximum absolute atomic E-state index is 12.9. The summed E-state index contributed by atoms with van der Waals surface area (Å²) in [5, 5.41) is 0. The minimum Gasteiger partial charge on any atom is -0.345 e. The SMILES string of the molecule is CCCCN(C)C(=O)C(C)(C)C(=O)N(CC)Cc1ccccc1. The number of amides is 2. The van der Waals surface area contributed by atoms with Gasteiger partial charge in [0, 0.05) is 26.7 Å². The lowest BCUT2D eigenvalue weighted by atomic mass is 9.89. The normalized spacial score (nSPS) is 11.2. The van der Waals surface area contributed by atoms with E-state index in [2.05, 4.69) is 6.92 Å². The number of carbonyl (C=O) groups is 2. The first-order valence-corrected chi connectivity index (χ1v) is 8.43. The molecule has 4 heteroatoms. The van der Waals surface area contributed by atoms with Crippen molar-refractivity contribution in [3.05, 3.63) is 35.9 Å². The van der Waals surface area contributed by atoms with Crippen LogP contribution in [0.15, 0.2) is 30.3 Å². The molecule has 0 radical (unpaired) electrons. The molecule has 0 aromatic heterocycles. The fourth-order valence-corrected chi connectivity index (χ4v) is 2.59. The smallest absolute Gasteiger partial charge is 0.237 e. The molecule has 0 spiro atoms. The first-order chi connectivity index (χ1) is 10.8. The molecule has 0 fully saturated rings. The molecule has 0 bridgehead atoms. The Morgan fingerprint density at radius 1 is 1.04 bits per heavy atom. The van der Waals surface area contributed by atoms with Crippen LogP contribution in [0.4, 0.5) is 0 Å². The van der Waals surface area contributed by atoms with Gasteiger partial charge in [-0.3, -0.25) is 9.59 Å². The minimum absolute atomic E-state index is 0.109. The van der Waals surface area contributed by atoms with Crippen LogP contribution in [0.1, 0.15) is 46.1 Å². The molecular formula is C19H30N2O2. The van der Waals surface area contributed by atoms with Crippen LogP contribution in [0.3, 0.4) is 0 Å². The maximum atomic E-state index is 12.9. The zero-order valence-corrected chi connectivity index (χ0v) is 15.1. The lowest BCUT2D eigenvalue weighted by Gasteiger charge is -2.33. The fourth-order valence-electron chi connectivity index (χ4n) is 2.59. The highest BCUT2D eigenvalue weighted by Crippen LogP contribution is 2.23. The summed E-state index contributed by atoms with van der Waals surface area (Å²) in [6, 6.07) is 9.87. The quantitative estimate of drug-likeness (QED) is 0.690. The summed E-state index contributed by atoms with van der Waals surface area (Å²) in [4.78, 5) is 29.0. The van der Waals surface area contributed by atoms with Crippen LogP contribution < -0.4 is 0 Å². The lowest BCUT2D eigenvalue weighted by molar-refractivity contribution is -0.153. The molecule has 1 rings (SSSR count). The molecule has 0 aliphatic carbocycles. The summed E-state index contributed by atoms with van der Waals surface area (Å²) >= 11 is 0. The lowest BCUT2D eigenvalue weighted by Crippen LogP contribution is -2.49. The van der Waals surface area contributed by atoms with Crippen LogP contribution in [0, 0.1) is 5.41 Å². The van der Waals surface area contributed by atoms with Crippen LogP contribution in [-0.2, 0) is 16.1 Å². The molecule has 0 aliphatic heterocycles. The highest BCUT2D eigenvalue weighted by Gasteiger charge is 2.40. The minimum atomic E-state index is -1.03. The predicted molar refractivity (Wildman–Crippen MR) is 93.9 cm³/mol. The second kappa shape index (κ2) is 8.70. The van der Waals surface area contributed by atoms with Gasteiger partial charge < -0.3 is 9.80 Å². The fraction of sp³-hybridized carbons (Fsp3) is 0.579. The number of hydrogen-bond donors (Lipinski definition) is 0. The van der Waals surface area contributed by atoms with Gasteiger partial charge in [-0.2, -0.15) is 0 Å². The highest BCUT2D eigenvalue weighted by molar-refractivity contribution is 6.04. The van der Waals surface area contributed by atoms with Gasteiger partial charge in [-0.15, -0.1) is 0 Å². The molecule has 0 aliphatic rings. The summed E-state index contributed by atoms with van der Waals surface area (Å²) in [7, 11) is 1.78. The Kier molecular flexibility index (Phi) is 7.27. The van der Waals surface area contributed by atoms with Gasteiger partial charge in [-0.1, -0.05) is 43.7 Å². The molecule has 0 atom stereocenters. The van der Waals surface area contributed by atoms with Crippen molar-refractivity contribution in [1.82, 2.24) is 9.80 Å². The van der Waals surface area contributed by atoms with E-state index in [1.54, 1.807) is 30.7 Å². The van der Waals surface area contributed by atoms with E-state index in [0.29, 0.717) is 19.6 Å². The first kappa shape index (κ1) is 19.2. The largest absolute Gasteiger partial charge is 0.345 e. The molecule has 1 aromatic rings. The third-order valence-electron chi connectivity index (χ3n) is 4.15. The van der Waals surface area contributed by atoms with Crippen molar-refractivity contribution >= 4 is 11.8 Å². The van der Waals surface area contributed by atoms with Crippen molar-refractivity contribution in [3.63, 3.8) is 0 Å². The topological polar surface area (TPSA) is 40.6 Å². The van der Waals surface area contributed by atoms with Gasteiger partial charge in [0.05, 0.1) is 0 Å². The van der Waals surface area contributed by atoms with Gasteiger partial charge in [0.25, 0.3) is 0 Å². The molecule has 0 saturated heterocycles. The van der Waals surface area contributed by atoms with Crippen LogP contribution in [0.5, 0.6) is 0 Å². The van der Waals surface area contributed by atoms with Gasteiger partial charge in [0.15, 0.2) is 0 Å². The third kappa shape index (κ3) is 5.08. The molecule has 0 heterocycles. The Hall–Kier alpha value is -1.84. The van der Waals surface area contributed by atoms with Crippen LogP contribution in [0.2, 0.25) is 0 Å². The van der Waals surface area contributed by atoms with Gasteiger partial charge >= 0.3 is 0 Å². The molecule has 0 N–H and O–H groups in total. The highest BCUT2D eigenvalue weighted by atomic mass is 16.2. The molecule has 23 heavy (non-hydrogen) atoms. The molecule has 0 saturated carbocycles. The van der Waals surface area contributed by atoms with E-state index in [1.165, 1.54) is 0 Å². The predicted octanol–water partition coefficient (Wildman–Crippen LogP) is 3.32. The number of rotatable bonds is 8. The second-order valence-corrected chi connectivity index (χ2v) is 6.51. The average Bonchev–Trinajstić information content (AvgIpc) is 2.56. The zero-order valence-electron chi connectivity index (χ0n) is 15.1. The van der Waals surface area contributed by atoms with Crippen molar-refractivity contribution < 1.29 is 9.59 Å². The molecule has 2 amide bonds. The molecule has 4 nitrogen and oxygen atoms in total. The number of benzene rings is 1. The Morgan fingerprint density at radius 2 is 1.65 bits per heavy atom. The van der Waals surface area contributed by atoms with E-state index >= 15 is 0 Å². The van der Waals surface area contributed by atoms with Crippen molar-refractivity contribution in [2.45, 2.75) is 47.1 Å². The van der Waals surface area contributed by atoms with E-state index in [9.17, 15) is 9.59 Å². The number of nitrogens with zero attached hydrogens (tertiary/aromatic N) is 2. The Labute approximate surface area is 140 Å².